The summed E-state index contributed by atoms with van der Waals surface area (Å²) in [6.07, 6.45) is 0. The van der Waals surface area contributed by atoms with Gasteiger partial charge in [0.2, 0.25) is 0 Å². The van der Waals surface area contributed by atoms with Crippen LogP contribution in [0, 0.1) is 13.8 Å². The zero-order valence-corrected chi connectivity index (χ0v) is 12.1. The molecule has 4 nitrogen and oxygen atoms in total. The van der Waals surface area contributed by atoms with Gasteiger partial charge in [0.25, 0.3) is 15.9 Å². The molecule has 0 spiro atoms. The summed E-state index contributed by atoms with van der Waals surface area (Å²) >= 11 is 0. The maximum atomic E-state index is 12.1. The van der Waals surface area contributed by atoms with E-state index in [1.807, 2.05) is 13.0 Å². The Bertz CT molecular complexity index is 737. The van der Waals surface area contributed by atoms with Crippen LogP contribution >= 0.6 is 0 Å². The number of benzene rings is 2. The third-order valence-electron chi connectivity index (χ3n) is 3.13. The zero-order valence-electron chi connectivity index (χ0n) is 11.3. The Morgan fingerprint density at radius 1 is 0.950 bits per heavy atom. The quantitative estimate of drug-likeness (QED) is 0.944. The molecule has 20 heavy (non-hydrogen) atoms. The van der Waals surface area contributed by atoms with Crippen molar-refractivity contribution in [1.29, 1.82) is 0 Å². The van der Waals surface area contributed by atoms with Gasteiger partial charge in [-0.05, 0) is 43.2 Å². The van der Waals surface area contributed by atoms with Crippen molar-refractivity contribution in [3.63, 3.8) is 0 Å². The molecule has 2 aromatic carbocycles. The van der Waals surface area contributed by atoms with Gasteiger partial charge in [-0.15, -0.1) is 0 Å². The topological polar surface area (TPSA) is 63.2 Å². The SMILES string of the molecule is Cc1cccc(C(=O)NS(=O)(=O)c2ccccc2)c1C. The highest BCUT2D eigenvalue weighted by molar-refractivity contribution is 7.90. The van der Waals surface area contributed by atoms with E-state index in [1.165, 1.54) is 12.1 Å². The van der Waals surface area contributed by atoms with E-state index in [9.17, 15) is 13.2 Å². The van der Waals surface area contributed by atoms with Crippen molar-refractivity contribution in [2.75, 3.05) is 0 Å². The Balaban J connectivity index is 2.31. The first-order valence-corrected chi connectivity index (χ1v) is 7.58. The summed E-state index contributed by atoms with van der Waals surface area (Å²) < 4.78 is 26.3. The normalized spacial score (nSPS) is 11.1. The number of hydrogen-bond donors (Lipinski definition) is 1. The van der Waals surface area contributed by atoms with E-state index in [4.69, 9.17) is 0 Å². The van der Waals surface area contributed by atoms with Crippen molar-refractivity contribution in [3.05, 3.63) is 65.2 Å². The summed E-state index contributed by atoms with van der Waals surface area (Å²) in [6.45, 7) is 3.66. The summed E-state index contributed by atoms with van der Waals surface area (Å²) in [7, 11) is -3.84. The van der Waals surface area contributed by atoms with E-state index in [0.29, 0.717) is 5.56 Å². The Kier molecular flexibility index (Phi) is 3.90. The fourth-order valence-electron chi connectivity index (χ4n) is 1.83. The smallest absolute Gasteiger partial charge is 0.265 e. The Hall–Kier alpha value is -2.14. The van der Waals surface area contributed by atoms with Crippen molar-refractivity contribution >= 4 is 15.9 Å². The minimum Gasteiger partial charge on any atom is -0.268 e. The molecule has 0 unspecified atom stereocenters. The monoisotopic (exact) mass is 289 g/mol. The largest absolute Gasteiger partial charge is 0.268 e. The molecule has 2 aromatic rings. The van der Waals surface area contributed by atoms with Crippen LogP contribution in [0.4, 0.5) is 0 Å². The molecule has 0 aliphatic carbocycles. The van der Waals surface area contributed by atoms with Gasteiger partial charge in [0.15, 0.2) is 0 Å². The van der Waals surface area contributed by atoms with Crippen LogP contribution in [0.3, 0.4) is 0 Å². The predicted molar refractivity (Wildman–Crippen MR) is 77.0 cm³/mol. The number of aryl methyl sites for hydroxylation is 1. The van der Waals surface area contributed by atoms with Gasteiger partial charge in [0.1, 0.15) is 0 Å². The molecule has 0 fully saturated rings. The van der Waals surface area contributed by atoms with E-state index in [-0.39, 0.29) is 4.90 Å². The molecular weight excluding hydrogens is 274 g/mol. The van der Waals surface area contributed by atoms with Crippen LogP contribution in [0.5, 0.6) is 0 Å². The second-order valence-corrected chi connectivity index (χ2v) is 6.18. The summed E-state index contributed by atoms with van der Waals surface area (Å²) in [5.41, 5.74) is 2.08. The first kappa shape index (κ1) is 14.3. The minimum absolute atomic E-state index is 0.0682. The van der Waals surface area contributed by atoms with Crippen molar-refractivity contribution in [2.24, 2.45) is 0 Å². The fraction of sp³-hybridized carbons (Fsp3) is 0.133. The molecular formula is C15H15NO3S. The molecule has 0 saturated carbocycles. The number of hydrogen-bond acceptors (Lipinski definition) is 3. The zero-order chi connectivity index (χ0) is 14.8. The number of sulfonamides is 1. The van der Waals surface area contributed by atoms with Crippen molar-refractivity contribution in [3.8, 4) is 0 Å². The Labute approximate surface area is 118 Å². The first-order valence-electron chi connectivity index (χ1n) is 6.10. The van der Waals surface area contributed by atoms with E-state index < -0.39 is 15.9 Å². The van der Waals surface area contributed by atoms with E-state index >= 15 is 0 Å². The van der Waals surface area contributed by atoms with Crippen molar-refractivity contribution in [2.45, 2.75) is 18.7 Å². The lowest BCUT2D eigenvalue weighted by Gasteiger charge is -2.10. The van der Waals surface area contributed by atoms with Crippen LogP contribution in [-0.4, -0.2) is 14.3 Å². The van der Waals surface area contributed by atoms with E-state index in [0.717, 1.165) is 11.1 Å². The number of carbonyl (C=O) groups is 1. The summed E-state index contributed by atoms with van der Waals surface area (Å²) in [6, 6.07) is 13.0. The average molecular weight is 289 g/mol. The Morgan fingerprint density at radius 2 is 1.60 bits per heavy atom. The van der Waals surface area contributed by atoms with Gasteiger partial charge in [-0.25, -0.2) is 13.1 Å². The fourth-order valence-corrected chi connectivity index (χ4v) is 2.82. The van der Waals surface area contributed by atoms with Gasteiger partial charge in [0, 0.05) is 5.56 Å². The van der Waals surface area contributed by atoms with Gasteiger partial charge in [-0.1, -0.05) is 30.3 Å². The third kappa shape index (κ3) is 2.88. The molecule has 104 valence electrons. The number of carbonyl (C=O) groups excluding carboxylic acids is 1. The molecule has 0 aliphatic heterocycles. The van der Waals surface area contributed by atoms with Crippen LogP contribution in [0.1, 0.15) is 21.5 Å². The molecule has 2 rings (SSSR count). The molecule has 1 N–H and O–H groups in total. The highest BCUT2D eigenvalue weighted by Crippen LogP contribution is 2.14. The van der Waals surface area contributed by atoms with Crippen LogP contribution in [0.2, 0.25) is 0 Å². The Morgan fingerprint density at radius 3 is 2.25 bits per heavy atom. The number of rotatable bonds is 3. The number of nitrogens with one attached hydrogen (secondary N) is 1. The standard InChI is InChI=1S/C15H15NO3S/c1-11-7-6-10-14(12(11)2)15(17)16-20(18,19)13-8-4-3-5-9-13/h3-10H,1-2H3,(H,16,17). The highest BCUT2D eigenvalue weighted by atomic mass is 32.2. The molecule has 0 bridgehead atoms. The lowest BCUT2D eigenvalue weighted by molar-refractivity contribution is 0.0980. The lowest BCUT2D eigenvalue weighted by atomic mass is 10.0. The van der Waals surface area contributed by atoms with Crippen LogP contribution in [0.25, 0.3) is 0 Å². The third-order valence-corrected chi connectivity index (χ3v) is 4.48. The van der Waals surface area contributed by atoms with Crippen LogP contribution in [-0.2, 0) is 10.0 Å². The van der Waals surface area contributed by atoms with Gasteiger partial charge >= 0.3 is 0 Å². The molecule has 0 heterocycles. The molecule has 1 amide bonds. The highest BCUT2D eigenvalue weighted by Gasteiger charge is 2.19. The molecule has 0 saturated heterocycles. The lowest BCUT2D eigenvalue weighted by Crippen LogP contribution is -2.31. The molecule has 0 aromatic heterocycles. The van der Waals surface area contributed by atoms with Crippen molar-refractivity contribution < 1.29 is 13.2 Å². The molecule has 0 aliphatic rings. The van der Waals surface area contributed by atoms with E-state index in [2.05, 4.69) is 4.72 Å². The summed E-state index contributed by atoms with van der Waals surface area (Å²) in [5, 5.41) is 0. The second-order valence-electron chi connectivity index (χ2n) is 4.50. The summed E-state index contributed by atoms with van der Waals surface area (Å²) in [4.78, 5) is 12.2. The second kappa shape index (κ2) is 5.46. The first-order chi connectivity index (χ1) is 9.42. The van der Waals surface area contributed by atoms with Crippen LogP contribution in [0.15, 0.2) is 53.4 Å². The van der Waals surface area contributed by atoms with Crippen molar-refractivity contribution in [1.82, 2.24) is 4.72 Å². The maximum Gasteiger partial charge on any atom is 0.265 e. The van der Waals surface area contributed by atoms with E-state index in [1.54, 1.807) is 37.3 Å². The van der Waals surface area contributed by atoms with Gasteiger partial charge < -0.3 is 0 Å². The number of amides is 1. The van der Waals surface area contributed by atoms with Gasteiger partial charge in [0.05, 0.1) is 4.90 Å². The van der Waals surface area contributed by atoms with Gasteiger partial charge in [-0.2, -0.15) is 0 Å². The molecule has 0 radical (unpaired) electrons. The van der Waals surface area contributed by atoms with Gasteiger partial charge in [-0.3, -0.25) is 4.79 Å². The predicted octanol–water partition coefficient (Wildman–Crippen LogP) is 2.42. The minimum atomic E-state index is -3.84. The molecule has 0 atom stereocenters. The maximum absolute atomic E-state index is 12.1. The average Bonchev–Trinajstić information content (AvgIpc) is 2.42. The van der Waals surface area contributed by atoms with Crippen LogP contribution < -0.4 is 4.72 Å². The molecule has 5 heteroatoms. The summed E-state index contributed by atoms with van der Waals surface area (Å²) in [5.74, 6) is -0.616.